The summed E-state index contributed by atoms with van der Waals surface area (Å²) in [6, 6.07) is 7.52. The fraction of sp³-hybridized carbons (Fsp3) is 0.385. The van der Waals surface area contributed by atoms with Crippen molar-refractivity contribution < 1.29 is 9.90 Å². The van der Waals surface area contributed by atoms with Gasteiger partial charge in [0, 0.05) is 11.9 Å². The molecule has 1 fully saturated rings. The highest BCUT2D eigenvalue weighted by Gasteiger charge is 2.22. The number of carboxylic acid groups (broad SMARTS) is 1. The van der Waals surface area contributed by atoms with Gasteiger partial charge in [-0.2, -0.15) is 5.10 Å². The third-order valence-electron chi connectivity index (χ3n) is 3.31. The molecule has 4 heteroatoms. The quantitative estimate of drug-likeness (QED) is 0.878. The monoisotopic (exact) mass is 230 g/mol. The molecular weight excluding hydrogens is 216 g/mol. The zero-order valence-corrected chi connectivity index (χ0v) is 9.47. The number of benzene rings is 1. The van der Waals surface area contributed by atoms with Crippen LogP contribution in [0.25, 0.3) is 10.9 Å². The van der Waals surface area contributed by atoms with Crippen LogP contribution in [0.2, 0.25) is 0 Å². The molecule has 0 aliphatic heterocycles. The van der Waals surface area contributed by atoms with Crippen molar-refractivity contribution in [3.63, 3.8) is 0 Å². The van der Waals surface area contributed by atoms with E-state index in [0.717, 1.165) is 29.8 Å². The van der Waals surface area contributed by atoms with E-state index in [9.17, 15) is 4.79 Å². The number of carboxylic acids is 1. The molecule has 3 rings (SSSR count). The van der Waals surface area contributed by atoms with Crippen molar-refractivity contribution in [2.24, 2.45) is 5.92 Å². The van der Waals surface area contributed by atoms with E-state index in [1.807, 2.05) is 28.9 Å². The summed E-state index contributed by atoms with van der Waals surface area (Å²) in [6.45, 7) is 0.818. The van der Waals surface area contributed by atoms with Crippen LogP contribution in [0.15, 0.2) is 24.3 Å². The molecule has 2 aromatic rings. The predicted molar refractivity (Wildman–Crippen MR) is 64.0 cm³/mol. The summed E-state index contributed by atoms with van der Waals surface area (Å²) in [5, 5.41) is 14.0. The van der Waals surface area contributed by atoms with E-state index in [0.29, 0.717) is 0 Å². The number of rotatable bonds is 4. The van der Waals surface area contributed by atoms with Gasteiger partial charge >= 0.3 is 5.97 Å². The Morgan fingerprint density at radius 1 is 1.41 bits per heavy atom. The summed E-state index contributed by atoms with van der Waals surface area (Å²) in [5.74, 6) is -0.127. The van der Waals surface area contributed by atoms with Crippen molar-refractivity contribution in [3.8, 4) is 0 Å². The maximum absolute atomic E-state index is 11.1. The van der Waals surface area contributed by atoms with Gasteiger partial charge in [0.15, 0.2) is 5.69 Å². The number of fused-ring (bicyclic) bond motifs is 1. The average molecular weight is 230 g/mol. The molecule has 0 spiro atoms. The summed E-state index contributed by atoms with van der Waals surface area (Å²) >= 11 is 0. The average Bonchev–Trinajstić information content (AvgIpc) is 3.07. The van der Waals surface area contributed by atoms with E-state index < -0.39 is 5.97 Å². The first-order valence-corrected chi connectivity index (χ1v) is 5.94. The van der Waals surface area contributed by atoms with Crippen molar-refractivity contribution in [1.29, 1.82) is 0 Å². The molecule has 4 nitrogen and oxygen atoms in total. The second kappa shape index (κ2) is 3.87. The topological polar surface area (TPSA) is 55.1 Å². The van der Waals surface area contributed by atoms with Crippen LogP contribution in [0.4, 0.5) is 0 Å². The molecule has 1 aliphatic carbocycles. The molecule has 1 aliphatic rings. The van der Waals surface area contributed by atoms with Crippen molar-refractivity contribution in [1.82, 2.24) is 9.78 Å². The van der Waals surface area contributed by atoms with Gasteiger partial charge in [-0.05, 0) is 18.4 Å². The lowest BCUT2D eigenvalue weighted by Crippen LogP contribution is -2.03. The normalized spacial score (nSPS) is 15.3. The van der Waals surface area contributed by atoms with Gasteiger partial charge in [0.25, 0.3) is 0 Å². The second-order valence-corrected chi connectivity index (χ2v) is 4.63. The van der Waals surface area contributed by atoms with E-state index >= 15 is 0 Å². The number of carbonyl (C=O) groups is 1. The van der Waals surface area contributed by atoms with Gasteiger partial charge in [0.05, 0.1) is 5.52 Å². The van der Waals surface area contributed by atoms with Crippen molar-refractivity contribution in [3.05, 3.63) is 30.0 Å². The molecule has 1 aromatic heterocycles. The summed E-state index contributed by atoms with van der Waals surface area (Å²) in [7, 11) is 0. The van der Waals surface area contributed by atoms with Crippen LogP contribution in [0.1, 0.15) is 29.8 Å². The van der Waals surface area contributed by atoms with E-state index in [1.165, 1.54) is 12.8 Å². The summed E-state index contributed by atoms with van der Waals surface area (Å²) in [4.78, 5) is 11.1. The zero-order valence-electron chi connectivity index (χ0n) is 9.47. The van der Waals surface area contributed by atoms with Crippen molar-refractivity contribution in [2.45, 2.75) is 25.8 Å². The van der Waals surface area contributed by atoms with Crippen LogP contribution < -0.4 is 0 Å². The first-order valence-electron chi connectivity index (χ1n) is 5.94. The first kappa shape index (κ1) is 10.3. The largest absolute Gasteiger partial charge is 0.476 e. The molecule has 0 atom stereocenters. The number of para-hydroxylation sites is 1. The molecule has 1 heterocycles. The smallest absolute Gasteiger partial charge is 0.357 e. The van der Waals surface area contributed by atoms with Gasteiger partial charge in [0.2, 0.25) is 0 Å². The third kappa shape index (κ3) is 1.90. The number of nitrogens with zero attached hydrogens (tertiary/aromatic N) is 2. The molecule has 0 amide bonds. The summed E-state index contributed by atoms with van der Waals surface area (Å²) < 4.78 is 1.83. The Labute approximate surface area is 98.9 Å². The number of aromatic carboxylic acids is 1. The molecule has 1 saturated carbocycles. The first-order chi connectivity index (χ1) is 8.25. The van der Waals surface area contributed by atoms with Crippen LogP contribution >= 0.6 is 0 Å². The Balaban J connectivity index is 2.00. The molecule has 1 aromatic carbocycles. The standard InChI is InChI=1S/C13H14N2O2/c16-13(17)12-10-3-1-2-4-11(10)15(14-12)8-7-9-5-6-9/h1-4,9H,5-8H2,(H,16,17). The lowest BCUT2D eigenvalue weighted by molar-refractivity contribution is 0.0691. The lowest BCUT2D eigenvalue weighted by Gasteiger charge is -2.01. The van der Waals surface area contributed by atoms with E-state index in [4.69, 9.17) is 5.11 Å². The van der Waals surface area contributed by atoms with Gasteiger partial charge in [-0.3, -0.25) is 4.68 Å². The molecule has 17 heavy (non-hydrogen) atoms. The molecule has 0 radical (unpaired) electrons. The minimum absolute atomic E-state index is 0.163. The molecule has 0 saturated heterocycles. The predicted octanol–water partition coefficient (Wildman–Crippen LogP) is 2.53. The molecule has 0 unspecified atom stereocenters. The Kier molecular flexibility index (Phi) is 2.35. The number of hydrogen-bond donors (Lipinski definition) is 1. The summed E-state index contributed by atoms with van der Waals surface area (Å²) in [5.41, 5.74) is 1.09. The van der Waals surface area contributed by atoms with Gasteiger partial charge in [-0.1, -0.05) is 31.0 Å². The fourth-order valence-electron chi connectivity index (χ4n) is 2.17. The Bertz CT molecular complexity index is 570. The molecule has 0 bridgehead atoms. The van der Waals surface area contributed by atoms with Crippen LogP contribution in [0, 0.1) is 5.92 Å². The Hall–Kier alpha value is -1.84. The minimum Gasteiger partial charge on any atom is -0.476 e. The SMILES string of the molecule is O=C(O)c1nn(CCC2CC2)c2ccccc12. The van der Waals surface area contributed by atoms with Crippen molar-refractivity contribution >= 4 is 16.9 Å². The third-order valence-corrected chi connectivity index (χ3v) is 3.31. The van der Waals surface area contributed by atoms with Crippen molar-refractivity contribution in [2.75, 3.05) is 0 Å². The van der Waals surface area contributed by atoms with E-state index in [2.05, 4.69) is 5.10 Å². The van der Waals surface area contributed by atoms with Crippen LogP contribution in [-0.4, -0.2) is 20.9 Å². The Morgan fingerprint density at radius 2 is 2.18 bits per heavy atom. The highest BCUT2D eigenvalue weighted by molar-refractivity contribution is 6.01. The maximum Gasteiger partial charge on any atom is 0.357 e. The van der Waals surface area contributed by atoms with Gasteiger partial charge < -0.3 is 5.11 Å². The van der Waals surface area contributed by atoms with E-state index in [1.54, 1.807) is 0 Å². The number of aryl methyl sites for hydroxylation is 1. The molecule has 88 valence electrons. The van der Waals surface area contributed by atoms with Gasteiger partial charge in [0.1, 0.15) is 0 Å². The highest BCUT2D eigenvalue weighted by atomic mass is 16.4. The highest BCUT2D eigenvalue weighted by Crippen LogP contribution is 2.33. The Morgan fingerprint density at radius 3 is 2.88 bits per heavy atom. The van der Waals surface area contributed by atoms with E-state index in [-0.39, 0.29) is 5.69 Å². The molecular formula is C13H14N2O2. The van der Waals surface area contributed by atoms with Gasteiger partial charge in [-0.25, -0.2) is 4.79 Å². The summed E-state index contributed by atoms with van der Waals surface area (Å²) in [6.07, 6.45) is 3.72. The maximum atomic E-state index is 11.1. The minimum atomic E-state index is -0.952. The second-order valence-electron chi connectivity index (χ2n) is 4.63. The number of hydrogen-bond acceptors (Lipinski definition) is 2. The number of aromatic nitrogens is 2. The van der Waals surface area contributed by atoms with Gasteiger partial charge in [-0.15, -0.1) is 0 Å². The molecule has 1 N–H and O–H groups in total. The van der Waals surface area contributed by atoms with Crippen LogP contribution in [0.5, 0.6) is 0 Å². The lowest BCUT2D eigenvalue weighted by atomic mass is 10.2. The van der Waals surface area contributed by atoms with Crippen LogP contribution in [0.3, 0.4) is 0 Å². The van der Waals surface area contributed by atoms with Crippen LogP contribution in [-0.2, 0) is 6.54 Å². The zero-order chi connectivity index (χ0) is 11.8. The fourth-order valence-corrected chi connectivity index (χ4v) is 2.17.